The van der Waals surface area contributed by atoms with E-state index < -0.39 is 0 Å². The van der Waals surface area contributed by atoms with Gasteiger partial charge in [-0.3, -0.25) is 9.79 Å². The van der Waals surface area contributed by atoms with Crippen LogP contribution in [0.3, 0.4) is 0 Å². The maximum atomic E-state index is 11.0. The van der Waals surface area contributed by atoms with E-state index in [1.54, 1.807) is 0 Å². The van der Waals surface area contributed by atoms with Gasteiger partial charge in [-0.2, -0.15) is 0 Å². The van der Waals surface area contributed by atoms with Crippen LogP contribution in [0.5, 0.6) is 0 Å². The van der Waals surface area contributed by atoms with E-state index in [2.05, 4.69) is 41.1 Å². The molecule has 0 heterocycles. The summed E-state index contributed by atoms with van der Waals surface area (Å²) in [4.78, 5) is 15.4. The van der Waals surface area contributed by atoms with Crippen LogP contribution in [0.2, 0.25) is 0 Å². The van der Waals surface area contributed by atoms with Gasteiger partial charge in [0, 0.05) is 12.6 Å². The number of carbonyl (C=O) groups excluding carboxylic acids is 1. The summed E-state index contributed by atoms with van der Waals surface area (Å²) in [6.45, 7) is 9.87. The number of aliphatic imine (C=N–C) groups is 1. The standard InChI is InChI=1S/C14H29N3O2.HI/c1-6-15-14(16-10-9-13(18)19-5)17-12(4)8-7-11(2)3;/h11-12H,6-10H2,1-5H3,(H2,15,16,17);1H. The highest BCUT2D eigenvalue weighted by molar-refractivity contribution is 14.0. The molecule has 0 aliphatic heterocycles. The highest BCUT2D eigenvalue weighted by atomic mass is 127. The lowest BCUT2D eigenvalue weighted by atomic mass is 10.0. The minimum Gasteiger partial charge on any atom is -0.469 e. The molecule has 0 aromatic rings. The van der Waals surface area contributed by atoms with Crippen LogP contribution in [0.15, 0.2) is 4.99 Å². The molecule has 0 amide bonds. The first-order valence-corrected chi connectivity index (χ1v) is 7.11. The first kappa shape index (κ1) is 21.8. The van der Waals surface area contributed by atoms with Crippen molar-refractivity contribution in [3.05, 3.63) is 0 Å². The number of rotatable bonds is 8. The van der Waals surface area contributed by atoms with Crippen molar-refractivity contribution in [2.45, 2.75) is 53.0 Å². The van der Waals surface area contributed by atoms with Gasteiger partial charge in [0.1, 0.15) is 0 Å². The molecule has 20 heavy (non-hydrogen) atoms. The normalized spacial score (nSPS) is 12.6. The molecule has 5 nitrogen and oxygen atoms in total. The van der Waals surface area contributed by atoms with Gasteiger partial charge in [0.15, 0.2) is 5.96 Å². The van der Waals surface area contributed by atoms with Gasteiger partial charge >= 0.3 is 5.97 Å². The second kappa shape index (κ2) is 13.5. The van der Waals surface area contributed by atoms with Crippen LogP contribution in [-0.4, -0.2) is 38.2 Å². The number of nitrogens with one attached hydrogen (secondary N) is 2. The van der Waals surface area contributed by atoms with E-state index in [4.69, 9.17) is 0 Å². The predicted octanol–water partition coefficient (Wildman–Crippen LogP) is 2.55. The lowest BCUT2D eigenvalue weighted by molar-refractivity contribution is -0.140. The number of ether oxygens (including phenoxy) is 1. The lowest BCUT2D eigenvalue weighted by Gasteiger charge is -2.18. The van der Waals surface area contributed by atoms with Crippen LogP contribution in [0.4, 0.5) is 0 Å². The fraction of sp³-hybridized carbons (Fsp3) is 0.857. The van der Waals surface area contributed by atoms with Crippen molar-refractivity contribution in [3.8, 4) is 0 Å². The molecular formula is C14H30IN3O2. The molecule has 0 aromatic carbocycles. The number of guanidine groups is 1. The van der Waals surface area contributed by atoms with Gasteiger partial charge in [0.25, 0.3) is 0 Å². The Hall–Kier alpha value is -0.530. The van der Waals surface area contributed by atoms with Gasteiger partial charge < -0.3 is 15.4 Å². The largest absolute Gasteiger partial charge is 0.469 e. The minimum atomic E-state index is -0.229. The Morgan fingerprint density at radius 3 is 2.40 bits per heavy atom. The lowest BCUT2D eigenvalue weighted by Crippen LogP contribution is -2.42. The molecule has 0 rings (SSSR count). The Labute approximate surface area is 140 Å². The first-order chi connectivity index (χ1) is 8.99. The molecule has 0 saturated heterocycles. The number of halogens is 1. The molecule has 1 unspecified atom stereocenters. The summed E-state index contributed by atoms with van der Waals surface area (Å²) in [7, 11) is 1.39. The van der Waals surface area contributed by atoms with Gasteiger partial charge in [0.05, 0.1) is 20.1 Å². The van der Waals surface area contributed by atoms with Gasteiger partial charge in [-0.25, -0.2) is 0 Å². The molecule has 2 N–H and O–H groups in total. The molecule has 120 valence electrons. The minimum absolute atomic E-state index is 0. The maximum Gasteiger partial charge on any atom is 0.307 e. The van der Waals surface area contributed by atoms with Crippen LogP contribution < -0.4 is 10.6 Å². The quantitative estimate of drug-likeness (QED) is 0.285. The van der Waals surface area contributed by atoms with Gasteiger partial charge in [-0.15, -0.1) is 24.0 Å². The van der Waals surface area contributed by atoms with Gasteiger partial charge in [-0.1, -0.05) is 13.8 Å². The SMILES string of the molecule is CCNC(=NCCC(=O)OC)NC(C)CCC(C)C.I. The van der Waals surface area contributed by atoms with Crippen LogP contribution in [-0.2, 0) is 9.53 Å². The van der Waals surface area contributed by atoms with Crippen LogP contribution >= 0.6 is 24.0 Å². The summed E-state index contributed by atoms with van der Waals surface area (Å²) in [6.07, 6.45) is 2.61. The Morgan fingerprint density at radius 2 is 1.90 bits per heavy atom. The van der Waals surface area contributed by atoms with E-state index in [9.17, 15) is 4.79 Å². The van der Waals surface area contributed by atoms with Crippen molar-refractivity contribution in [1.29, 1.82) is 0 Å². The Morgan fingerprint density at radius 1 is 1.25 bits per heavy atom. The van der Waals surface area contributed by atoms with Crippen molar-refractivity contribution in [2.75, 3.05) is 20.2 Å². The number of carbonyl (C=O) groups is 1. The Bertz CT molecular complexity index is 284. The van der Waals surface area contributed by atoms with E-state index in [-0.39, 0.29) is 29.9 Å². The van der Waals surface area contributed by atoms with Crippen molar-refractivity contribution < 1.29 is 9.53 Å². The summed E-state index contributed by atoms with van der Waals surface area (Å²) in [5, 5.41) is 6.53. The zero-order chi connectivity index (χ0) is 14.7. The number of hydrogen-bond acceptors (Lipinski definition) is 3. The molecule has 1 atom stereocenters. The third-order valence-corrected chi connectivity index (χ3v) is 2.72. The molecule has 0 radical (unpaired) electrons. The Balaban J connectivity index is 0. The van der Waals surface area contributed by atoms with Crippen LogP contribution in [0.1, 0.15) is 47.0 Å². The summed E-state index contributed by atoms with van der Waals surface area (Å²) in [5.41, 5.74) is 0. The molecule has 0 fully saturated rings. The highest BCUT2D eigenvalue weighted by Gasteiger charge is 2.06. The van der Waals surface area contributed by atoms with E-state index in [1.807, 2.05) is 6.92 Å². The average Bonchev–Trinajstić information content (AvgIpc) is 2.36. The van der Waals surface area contributed by atoms with Crippen molar-refractivity contribution in [1.82, 2.24) is 10.6 Å². The molecule has 0 spiro atoms. The van der Waals surface area contributed by atoms with Crippen LogP contribution in [0.25, 0.3) is 0 Å². The highest BCUT2D eigenvalue weighted by Crippen LogP contribution is 2.06. The van der Waals surface area contributed by atoms with E-state index >= 15 is 0 Å². The molecule has 0 aliphatic carbocycles. The predicted molar refractivity (Wildman–Crippen MR) is 94.7 cm³/mol. The van der Waals surface area contributed by atoms with Crippen molar-refractivity contribution in [2.24, 2.45) is 10.9 Å². The summed E-state index contributed by atoms with van der Waals surface area (Å²) in [5.74, 6) is 1.25. The molecule has 0 aromatic heterocycles. The van der Waals surface area contributed by atoms with E-state index in [1.165, 1.54) is 13.5 Å². The average molecular weight is 399 g/mol. The zero-order valence-corrected chi connectivity index (χ0v) is 15.7. The zero-order valence-electron chi connectivity index (χ0n) is 13.4. The number of methoxy groups -OCH3 is 1. The van der Waals surface area contributed by atoms with Gasteiger partial charge in [0.2, 0.25) is 0 Å². The topological polar surface area (TPSA) is 62.7 Å². The first-order valence-electron chi connectivity index (χ1n) is 7.11. The van der Waals surface area contributed by atoms with E-state index in [0.29, 0.717) is 24.9 Å². The smallest absolute Gasteiger partial charge is 0.307 e. The fourth-order valence-corrected chi connectivity index (χ4v) is 1.57. The second-order valence-corrected chi connectivity index (χ2v) is 5.10. The summed E-state index contributed by atoms with van der Waals surface area (Å²) in [6, 6.07) is 0.373. The Kier molecular flexibility index (Phi) is 14.6. The van der Waals surface area contributed by atoms with Gasteiger partial charge in [-0.05, 0) is 32.6 Å². The van der Waals surface area contributed by atoms with E-state index in [0.717, 1.165) is 18.9 Å². The van der Waals surface area contributed by atoms with Crippen LogP contribution in [0, 0.1) is 5.92 Å². The fourth-order valence-electron chi connectivity index (χ4n) is 1.57. The number of esters is 1. The molecule has 6 heteroatoms. The molecule has 0 aliphatic rings. The molecular weight excluding hydrogens is 369 g/mol. The third-order valence-electron chi connectivity index (χ3n) is 2.72. The third kappa shape index (κ3) is 12.5. The summed E-state index contributed by atoms with van der Waals surface area (Å²) < 4.78 is 4.59. The monoisotopic (exact) mass is 399 g/mol. The molecule has 0 saturated carbocycles. The maximum absolute atomic E-state index is 11.0. The molecule has 0 bridgehead atoms. The van der Waals surface area contributed by atoms with Crippen molar-refractivity contribution >= 4 is 35.9 Å². The number of hydrogen-bond donors (Lipinski definition) is 2. The number of nitrogens with zero attached hydrogens (tertiary/aromatic N) is 1. The van der Waals surface area contributed by atoms with Crippen molar-refractivity contribution in [3.63, 3.8) is 0 Å². The summed E-state index contributed by atoms with van der Waals surface area (Å²) >= 11 is 0. The second-order valence-electron chi connectivity index (χ2n) is 5.10.